The van der Waals surface area contributed by atoms with Crippen LogP contribution >= 0.6 is 0 Å². The first-order chi connectivity index (χ1) is 9.63. The molecule has 2 N–H and O–H groups in total. The van der Waals surface area contributed by atoms with E-state index < -0.39 is 0 Å². The van der Waals surface area contributed by atoms with Crippen molar-refractivity contribution < 1.29 is 0 Å². The third kappa shape index (κ3) is 2.56. The molecule has 0 radical (unpaired) electrons. The van der Waals surface area contributed by atoms with Gasteiger partial charge >= 0.3 is 0 Å². The SMILES string of the molecule is Cc1ccc(CN2CCc3cc(C(C)N)ccc32)cc1. The lowest BCUT2D eigenvalue weighted by atomic mass is 10.0. The zero-order valence-electron chi connectivity index (χ0n) is 12.3. The van der Waals surface area contributed by atoms with E-state index in [0.717, 1.165) is 19.5 Å². The van der Waals surface area contributed by atoms with Gasteiger partial charge in [0.15, 0.2) is 0 Å². The van der Waals surface area contributed by atoms with Crippen LogP contribution in [0.15, 0.2) is 42.5 Å². The first kappa shape index (κ1) is 13.2. The van der Waals surface area contributed by atoms with Crippen molar-refractivity contribution in [2.45, 2.75) is 32.9 Å². The Morgan fingerprint density at radius 2 is 1.90 bits per heavy atom. The van der Waals surface area contributed by atoms with Gasteiger partial charge in [0.2, 0.25) is 0 Å². The molecule has 0 aliphatic carbocycles. The molecule has 2 aromatic rings. The fraction of sp³-hybridized carbons (Fsp3) is 0.333. The number of hydrogen-bond donors (Lipinski definition) is 1. The molecule has 2 nitrogen and oxygen atoms in total. The number of benzene rings is 2. The van der Waals surface area contributed by atoms with Crippen molar-refractivity contribution in [1.29, 1.82) is 0 Å². The first-order valence-electron chi connectivity index (χ1n) is 7.32. The predicted molar refractivity (Wildman–Crippen MR) is 85.0 cm³/mol. The lowest BCUT2D eigenvalue weighted by Gasteiger charge is -2.20. The Kier molecular flexibility index (Phi) is 3.49. The highest BCUT2D eigenvalue weighted by Gasteiger charge is 2.19. The van der Waals surface area contributed by atoms with Crippen molar-refractivity contribution in [3.63, 3.8) is 0 Å². The highest BCUT2D eigenvalue weighted by molar-refractivity contribution is 5.59. The summed E-state index contributed by atoms with van der Waals surface area (Å²) in [4.78, 5) is 2.46. The molecule has 1 heterocycles. The smallest absolute Gasteiger partial charge is 0.0429 e. The van der Waals surface area contributed by atoms with Crippen LogP contribution in [0.2, 0.25) is 0 Å². The molecule has 0 bridgehead atoms. The third-order valence-corrected chi connectivity index (χ3v) is 4.12. The topological polar surface area (TPSA) is 29.3 Å². The van der Waals surface area contributed by atoms with E-state index in [0.29, 0.717) is 0 Å². The van der Waals surface area contributed by atoms with E-state index in [1.54, 1.807) is 0 Å². The molecule has 1 atom stereocenters. The van der Waals surface area contributed by atoms with Crippen LogP contribution in [-0.2, 0) is 13.0 Å². The molecule has 0 spiro atoms. The molecular weight excluding hydrogens is 244 g/mol. The highest BCUT2D eigenvalue weighted by atomic mass is 15.1. The maximum absolute atomic E-state index is 5.97. The number of anilines is 1. The van der Waals surface area contributed by atoms with Crippen molar-refractivity contribution in [2.24, 2.45) is 5.73 Å². The van der Waals surface area contributed by atoms with Gasteiger partial charge in [-0.25, -0.2) is 0 Å². The van der Waals surface area contributed by atoms with E-state index in [2.05, 4.69) is 54.3 Å². The van der Waals surface area contributed by atoms with Gasteiger partial charge in [0.05, 0.1) is 0 Å². The molecule has 0 saturated heterocycles. The van der Waals surface area contributed by atoms with E-state index in [1.807, 2.05) is 6.92 Å². The summed E-state index contributed by atoms with van der Waals surface area (Å²) in [5.41, 5.74) is 12.7. The van der Waals surface area contributed by atoms with Crippen LogP contribution in [0.1, 0.15) is 35.2 Å². The van der Waals surface area contributed by atoms with E-state index in [-0.39, 0.29) is 6.04 Å². The summed E-state index contributed by atoms with van der Waals surface area (Å²) in [6, 6.07) is 15.6. The van der Waals surface area contributed by atoms with Crippen LogP contribution in [0.4, 0.5) is 5.69 Å². The summed E-state index contributed by atoms with van der Waals surface area (Å²) in [5.74, 6) is 0. The Hall–Kier alpha value is -1.80. The number of aryl methyl sites for hydroxylation is 1. The van der Waals surface area contributed by atoms with Crippen molar-refractivity contribution in [1.82, 2.24) is 0 Å². The maximum atomic E-state index is 5.97. The van der Waals surface area contributed by atoms with Gasteiger partial charge in [0.25, 0.3) is 0 Å². The van der Waals surface area contributed by atoms with E-state index in [9.17, 15) is 0 Å². The molecule has 0 saturated carbocycles. The summed E-state index contributed by atoms with van der Waals surface area (Å²) < 4.78 is 0. The fourth-order valence-corrected chi connectivity index (χ4v) is 2.85. The summed E-state index contributed by atoms with van der Waals surface area (Å²) in [5, 5.41) is 0. The van der Waals surface area contributed by atoms with Gasteiger partial charge < -0.3 is 10.6 Å². The van der Waals surface area contributed by atoms with Gasteiger partial charge in [-0.2, -0.15) is 0 Å². The highest BCUT2D eigenvalue weighted by Crippen LogP contribution is 2.31. The Morgan fingerprint density at radius 3 is 2.60 bits per heavy atom. The minimum Gasteiger partial charge on any atom is -0.367 e. The normalized spacial score (nSPS) is 15.2. The van der Waals surface area contributed by atoms with Crippen molar-refractivity contribution in [3.05, 3.63) is 64.7 Å². The number of rotatable bonds is 3. The van der Waals surface area contributed by atoms with Crippen molar-refractivity contribution >= 4 is 5.69 Å². The number of nitrogens with zero attached hydrogens (tertiary/aromatic N) is 1. The molecule has 0 amide bonds. The van der Waals surface area contributed by atoms with Gasteiger partial charge in [0, 0.05) is 24.8 Å². The number of nitrogens with two attached hydrogens (primary N) is 1. The van der Waals surface area contributed by atoms with E-state index >= 15 is 0 Å². The van der Waals surface area contributed by atoms with Crippen molar-refractivity contribution in [2.75, 3.05) is 11.4 Å². The van der Waals surface area contributed by atoms with E-state index in [4.69, 9.17) is 5.73 Å². The van der Waals surface area contributed by atoms with Gasteiger partial charge in [-0.15, -0.1) is 0 Å². The fourth-order valence-electron chi connectivity index (χ4n) is 2.85. The van der Waals surface area contributed by atoms with Crippen LogP contribution in [0.3, 0.4) is 0 Å². The molecule has 2 aromatic carbocycles. The molecule has 1 aliphatic heterocycles. The summed E-state index contributed by atoms with van der Waals surface area (Å²) in [6.45, 7) is 6.27. The largest absolute Gasteiger partial charge is 0.367 e. The van der Waals surface area contributed by atoms with Gasteiger partial charge in [-0.05, 0) is 43.0 Å². The molecule has 1 aliphatic rings. The lowest BCUT2D eigenvalue weighted by Crippen LogP contribution is -2.19. The number of fused-ring (bicyclic) bond motifs is 1. The molecule has 3 rings (SSSR count). The maximum Gasteiger partial charge on any atom is 0.0429 e. The second-order valence-corrected chi connectivity index (χ2v) is 5.83. The van der Waals surface area contributed by atoms with Crippen LogP contribution in [0, 0.1) is 6.92 Å². The molecule has 1 unspecified atom stereocenters. The van der Waals surface area contributed by atoms with Gasteiger partial charge in [-0.1, -0.05) is 42.0 Å². The lowest BCUT2D eigenvalue weighted by molar-refractivity contribution is 0.816. The minimum absolute atomic E-state index is 0.117. The molecular formula is C18H22N2. The van der Waals surface area contributed by atoms with E-state index in [1.165, 1.54) is 27.9 Å². The Balaban J connectivity index is 1.81. The molecule has 104 valence electrons. The second-order valence-electron chi connectivity index (χ2n) is 5.83. The van der Waals surface area contributed by atoms with Gasteiger partial charge in [0.1, 0.15) is 0 Å². The standard InChI is InChI=1S/C18H22N2/c1-13-3-5-15(6-4-13)12-20-10-9-17-11-16(14(2)19)7-8-18(17)20/h3-8,11,14H,9-10,12,19H2,1-2H3. The average molecular weight is 266 g/mol. The molecule has 20 heavy (non-hydrogen) atoms. The Bertz CT molecular complexity index is 599. The molecule has 0 fully saturated rings. The van der Waals surface area contributed by atoms with Crippen LogP contribution < -0.4 is 10.6 Å². The second kappa shape index (κ2) is 5.29. The zero-order valence-corrected chi connectivity index (χ0v) is 12.3. The summed E-state index contributed by atoms with van der Waals surface area (Å²) >= 11 is 0. The van der Waals surface area contributed by atoms with Crippen LogP contribution in [-0.4, -0.2) is 6.54 Å². The molecule has 2 heteroatoms. The first-order valence-corrected chi connectivity index (χ1v) is 7.32. The minimum atomic E-state index is 0.117. The van der Waals surface area contributed by atoms with Crippen molar-refractivity contribution in [3.8, 4) is 0 Å². The Labute approximate surface area is 121 Å². The predicted octanol–water partition coefficient (Wildman–Crippen LogP) is 3.58. The van der Waals surface area contributed by atoms with Crippen LogP contribution in [0.25, 0.3) is 0 Å². The Morgan fingerprint density at radius 1 is 1.15 bits per heavy atom. The monoisotopic (exact) mass is 266 g/mol. The number of hydrogen-bond acceptors (Lipinski definition) is 2. The van der Waals surface area contributed by atoms with Crippen LogP contribution in [0.5, 0.6) is 0 Å². The quantitative estimate of drug-likeness (QED) is 0.920. The third-order valence-electron chi connectivity index (χ3n) is 4.12. The molecule has 0 aromatic heterocycles. The summed E-state index contributed by atoms with van der Waals surface area (Å²) in [7, 11) is 0. The van der Waals surface area contributed by atoms with Gasteiger partial charge in [-0.3, -0.25) is 0 Å². The average Bonchev–Trinajstić information content (AvgIpc) is 2.84. The zero-order chi connectivity index (χ0) is 14.1. The summed E-state index contributed by atoms with van der Waals surface area (Å²) in [6.07, 6.45) is 1.13.